The molecule has 0 amide bonds. The van der Waals surface area contributed by atoms with E-state index >= 15 is 0 Å². The molecule has 3 atom stereocenters. The Kier molecular flexibility index (Phi) is 5.84. The molecule has 2 fully saturated rings. The molecule has 0 aromatic rings. The Balaban J connectivity index is 1.69. The lowest BCUT2D eigenvalue weighted by Gasteiger charge is -2.38. The van der Waals surface area contributed by atoms with E-state index in [1.54, 1.807) is 0 Å². The maximum absolute atomic E-state index is 6.09. The van der Waals surface area contributed by atoms with Crippen LogP contribution in [0.25, 0.3) is 0 Å². The maximum Gasteiger partial charge on any atom is 0.0783 e. The molecule has 2 nitrogen and oxygen atoms in total. The van der Waals surface area contributed by atoms with E-state index < -0.39 is 0 Å². The van der Waals surface area contributed by atoms with Crippen LogP contribution in [0.3, 0.4) is 0 Å². The van der Waals surface area contributed by atoms with Crippen molar-refractivity contribution in [2.45, 2.75) is 64.0 Å². The smallest absolute Gasteiger partial charge is 0.0783 e. The van der Waals surface area contributed by atoms with E-state index in [2.05, 4.69) is 30.9 Å². The molecule has 0 bridgehead atoms. The van der Waals surface area contributed by atoms with Gasteiger partial charge in [-0.3, -0.25) is 0 Å². The second-order valence-electron chi connectivity index (χ2n) is 6.13. The van der Waals surface area contributed by atoms with Crippen molar-refractivity contribution >= 4 is 11.8 Å². The Morgan fingerprint density at radius 3 is 3.11 bits per heavy atom. The molecular formula is C15H29NOS. The van der Waals surface area contributed by atoms with Crippen molar-refractivity contribution in [1.82, 2.24) is 5.32 Å². The molecule has 2 aliphatic rings. The van der Waals surface area contributed by atoms with Gasteiger partial charge in [-0.05, 0) is 63.7 Å². The van der Waals surface area contributed by atoms with E-state index in [1.165, 1.54) is 50.0 Å². The third-order valence-electron chi connectivity index (χ3n) is 4.41. The van der Waals surface area contributed by atoms with E-state index in [0.717, 1.165) is 19.1 Å². The van der Waals surface area contributed by atoms with Gasteiger partial charge in [-0.2, -0.15) is 11.8 Å². The first-order valence-corrected chi connectivity index (χ1v) is 8.85. The zero-order valence-electron chi connectivity index (χ0n) is 12.0. The van der Waals surface area contributed by atoms with Crippen LogP contribution in [-0.2, 0) is 4.74 Å². The predicted octanol–water partition coefficient (Wildman–Crippen LogP) is 3.46. The zero-order chi connectivity index (χ0) is 12.8. The van der Waals surface area contributed by atoms with Crippen LogP contribution in [0.15, 0.2) is 0 Å². The summed E-state index contributed by atoms with van der Waals surface area (Å²) in [6.07, 6.45) is 7.84. The summed E-state index contributed by atoms with van der Waals surface area (Å²) in [6, 6.07) is 0.682. The molecule has 106 valence electrons. The molecule has 1 spiro atoms. The highest BCUT2D eigenvalue weighted by molar-refractivity contribution is 7.99. The molecule has 0 aliphatic carbocycles. The van der Waals surface area contributed by atoms with E-state index in [0.29, 0.717) is 6.04 Å². The molecule has 0 aromatic heterocycles. The minimum absolute atomic E-state index is 0.271. The van der Waals surface area contributed by atoms with Gasteiger partial charge < -0.3 is 10.1 Å². The maximum atomic E-state index is 6.09. The summed E-state index contributed by atoms with van der Waals surface area (Å²) in [6.45, 7) is 6.73. The Labute approximate surface area is 117 Å². The first-order chi connectivity index (χ1) is 8.74. The fourth-order valence-electron chi connectivity index (χ4n) is 3.22. The van der Waals surface area contributed by atoms with Gasteiger partial charge in [0.2, 0.25) is 0 Å². The molecule has 2 saturated heterocycles. The molecule has 0 radical (unpaired) electrons. The van der Waals surface area contributed by atoms with E-state index in [4.69, 9.17) is 4.74 Å². The highest BCUT2D eigenvalue weighted by Gasteiger charge is 2.40. The Hall–Kier alpha value is 0.270. The summed E-state index contributed by atoms with van der Waals surface area (Å²) < 4.78 is 6.09. The van der Waals surface area contributed by atoms with Crippen LogP contribution < -0.4 is 5.32 Å². The van der Waals surface area contributed by atoms with Crippen molar-refractivity contribution in [3.05, 3.63) is 0 Å². The highest BCUT2D eigenvalue weighted by Crippen LogP contribution is 2.41. The summed E-state index contributed by atoms with van der Waals surface area (Å²) in [5.41, 5.74) is 0.271. The first kappa shape index (κ1) is 14.7. The normalized spacial score (nSPS) is 34.0. The largest absolute Gasteiger partial charge is 0.374 e. The Morgan fingerprint density at radius 1 is 1.50 bits per heavy atom. The van der Waals surface area contributed by atoms with E-state index in [-0.39, 0.29) is 5.60 Å². The summed E-state index contributed by atoms with van der Waals surface area (Å²) in [7, 11) is 0. The highest BCUT2D eigenvalue weighted by atomic mass is 32.2. The van der Waals surface area contributed by atoms with Crippen molar-refractivity contribution < 1.29 is 4.74 Å². The lowest BCUT2D eigenvalue weighted by Crippen LogP contribution is -2.40. The lowest BCUT2D eigenvalue weighted by atomic mass is 9.82. The van der Waals surface area contributed by atoms with Crippen molar-refractivity contribution in [3.63, 3.8) is 0 Å². The third kappa shape index (κ3) is 4.14. The second kappa shape index (κ2) is 7.16. The lowest BCUT2D eigenvalue weighted by molar-refractivity contribution is -0.0809. The molecule has 2 aliphatic heterocycles. The molecular weight excluding hydrogens is 242 g/mol. The van der Waals surface area contributed by atoms with Crippen LogP contribution in [0.4, 0.5) is 0 Å². The standard InChI is InChI=1S/C15H29NOS/c1-3-8-16-13(2)4-5-14-6-9-17-15(11-14)7-10-18-12-15/h13-14,16H,3-12H2,1-2H3. The van der Waals surface area contributed by atoms with Crippen molar-refractivity contribution in [1.29, 1.82) is 0 Å². The molecule has 3 heteroatoms. The topological polar surface area (TPSA) is 21.3 Å². The average Bonchev–Trinajstić information content (AvgIpc) is 2.82. The van der Waals surface area contributed by atoms with Gasteiger partial charge >= 0.3 is 0 Å². The monoisotopic (exact) mass is 271 g/mol. The van der Waals surface area contributed by atoms with Crippen LogP contribution >= 0.6 is 11.8 Å². The van der Waals surface area contributed by atoms with Crippen LogP contribution in [0.1, 0.15) is 52.4 Å². The van der Waals surface area contributed by atoms with Gasteiger partial charge in [-0.15, -0.1) is 0 Å². The third-order valence-corrected chi connectivity index (χ3v) is 5.64. The van der Waals surface area contributed by atoms with Crippen LogP contribution in [0.2, 0.25) is 0 Å². The summed E-state index contributed by atoms with van der Waals surface area (Å²) in [4.78, 5) is 0. The van der Waals surface area contributed by atoms with Crippen molar-refractivity contribution in [2.75, 3.05) is 24.7 Å². The minimum Gasteiger partial charge on any atom is -0.374 e. The Morgan fingerprint density at radius 2 is 2.39 bits per heavy atom. The number of nitrogens with one attached hydrogen (secondary N) is 1. The summed E-state index contributed by atoms with van der Waals surface area (Å²) >= 11 is 2.08. The summed E-state index contributed by atoms with van der Waals surface area (Å²) in [5.74, 6) is 3.46. The predicted molar refractivity (Wildman–Crippen MR) is 80.3 cm³/mol. The van der Waals surface area contributed by atoms with Gasteiger partial charge in [-0.1, -0.05) is 6.92 Å². The van der Waals surface area contributed by atoms with Gasteiger partial charge in [0.05, 0.1) is 5.60 Å². The zero-order valence-corrected chi connectivity index (χ0v) is 12.9. The number of ether oxygens (including phenoxy) is 1. The molecule has 2 heterocycles. The fourth-order valence-corrected chi connectivity index (χ4v) is 4.60. The minimum atomic E-state index is 0.271. The SMILES string of the molecule is CCCNC(C)CCC1CCOC2(CCSC2)C1. The van der Waals surface area contributed by atoms with Gasteiger partial charge in [0.25, 0.3) is 0 Å². The van der Waals surface area contributed by atoms with Gasteiger partial charge in [0.15, 0.2) is 0 Å². The Bertz CT molecular complexity index is 241. The number of hydrogen-bond donors (Lipinski definition) is 1. The molecule has 18 heavy (non-hydrogen) atoms. The quantitative estimate of drug-likeness (QED) is 0.799. The summed E-state index contributed by atoms with van der Waals surface area (Å²) in [5, 5.41) is 3.60. The average molecular weight is 271 g/mol. The molecule has 0 saturated carbocycles. The van der Waals surface area contributed by atoms with Gasteiger partial charge in [-0.25, -0.2) is 0 Å². The molecule has 3 unspecified atom stereocenters. The van der Waals surface area contributed by atoms with Crippen LogP contribution in [0.5, 0.6) is 0 Å². The number of rotatable bonds is 6. The van der Waals surface area contributed by atoms with Gasteiger partial charge in [0, 0.05) is 18.4 Å². The van der Waals surface area contributed by atoms with Crippen LogP contribution in [-0.4, -0.2) is 36.3 Å². The number of thioether (sulfide) groups is 1. The first-order valence-electron chi connectivity index (χ1n) is 7.69. The fraction of sp³-hybridized carbons (Fsp3) is 1.00. The molecule has 0 aromatic carbocycles. The van der Waals surface area contributed by atoms with Crippen molar-refractivity contribution in [2.24, 2.45) is 5.92 Å². The van der Waals surface area contributed by atoms with E-state index in [1.807, 2.05) is 0 Å². The molecule has 1 N–H and O–H groups in total. The van der Waals surface area contributed by atoms with Crippen molar-refractivity contribution in [3.8, 4) is 0 Å². The molecule has 2 rings (SSSR count). The van der Waals surface area contributed by atoms with Crippen LogP contribution in [0, 0.1) is 5.92 Å². The van der Waals surface area contributed by atoms with E-state index in [9.17, 15) is 0 Å². The van der Waals surface area contributed by atoms with Gasteiger partial charge in [0.1, 0.15) is 0 Å². The second-order valence-corrected chi connectivity index (χ2v) is 7.23. The number of hydrogen-bond acceptors (Lipinski definition) is 3.